The number of nitrogens with zero attached hydrogens (tertiary/aromatic N) is 4. The van der Waals surface area contributed by atoms with E-state index in [9.17, 15) is 9.59 Å². The molecule has 1 aliphatic rings. The summed E-state index contributed by atoms with van der Waals surface area (Å²) < 4.78 is 12.3. The second kappa shape index (κ2) is 9.96. The molecule has 3 heterocycles. The van der Waals surface area contributed by atoms with Gasteiger partial charge in [0.05, 0.1) is 25.2 Å². The summed E-state index contributed by atoms with van der Waals surface area (Å²) in [5.74, 6) is 2.29. The van der Waals surface area contributed by atoms with E-state index >= 15 is 0 Å². The van der Waals surface area contributed by atoms with Crippen molar-refractivity contribution in [2.24, 2.45) is 11.8 Å². The molecule has 1 amide bonds. The van der Waals surface area contributed by atoms with Crippen LogP contribution in [0.4, 0.5) is 0 Å². The SMILES string of the molecule is CCOC(=O)Cc1nnc(SCC(=O)N2C[C@H](C)C[C@H](C)C2)n1Cc1ccco1. The molecule has 2 aromatic rings. The van der Waals surface area contributed by atoms with E-state index in [1.807, 2.05) is 15.5 Å². The van der Waals surface area contributed by atoms with Crippen LogP contribution in [0.3, 0.4) is 0 Å². The molecule has 0 saturated carbocycles. The first-order valence-electron chi connectivity index (χ1n) is 9.96. The second-order valence-electron chi connectivity index (χ2n) is 7.58. The summed E-state index contributed by atoms with van der Waals surface area (Å²) in [7, 11) is 0. The minimum absolute atomic E-state index is 0.0250. The van der Waals surface area contributed by atoms with Gasteiger partial charge in [0.2, 0.25) is 5.91 Å². The monoisotopic (exact) mass is 420 g/mol. The van der Waals surface area contributed by atoms with Gasteiger partial charge in [-0.2, -0.15) is 0 Å². The third-order valence-corrected chi connectivity index (χ3v) is 5.79. The third kappa shape index (κ3) is 5.85. The highest BCUT2D eigenvalue weighted by Crippen LogP contribution is 2.24. The van der Waals surface area contributed by atoms with Crippen molar-refractivity contribution >= 4 is 23.6 Å². The smallest absolute Gasteiger partial charge is 0.313 e. The van der Waals surface area contributed by atoms with Gasteiger partial charge < -0.3 is 14.1 Å². The molecule has 1 fully saturated rings. The third-order valence-electron chi connectivity index (χ3n) is 4.84. The minimum Gasteiger partial charge on any atom is -0.467 e. The Morgan fingerprint density at radius 2 is 2.03 bits per heavy atom. The van der Waals surface area contributed by atoms with Crippen molar-refractivity contribution < 1.29 is 18.7 Å². The fraction of sp³-hybridized carbons (Fsp3) is 0.600. The van der Waals surface area contributed by atoms with Gasteiger partial charge in [-0.25, -0.2) is 0 Å². The van der Waals surface area contributed by atoms with Crippen molar-refractivity contribution in [3.8, 4) is 0 Å². The molecular weight excluding hydrogens is 392 g/mol. The molecule has 8 nitrogen and oxygen atoms in total. The summed E-state index contributed by atoms with van der Waals surface area (Å²) in [4.78, 5) is 26.6. The summed E-state index contributed by atoms with van der Waals surface area (Å²) in [5.41, 5.74) is 0. The van der Waals surface area contributed by atoms with Crippen LogP contribution in [0.15, 0.2) is 28.0 Å². The van der Waals surface area contributed by atoms with E-state index < -0.39 is 0 Å². The van der Waals surface area contributed by atoms with Crippen LogP contribution in [-0.4, -0.2) is 57.0 Å². The summed E-state index contributed by atoms with van der Waals surface area (Å²) in [6.07, 6.45) is 2.78. The van der Waals surface area contributed by atoms with E-state index in [1.54, 1.807) is 19.3 Å². The molecular formula is C20H28N4O4S. The van der Waals surface area contributed by atoms with Crippen LogP contribution < -0.4 is 0 Å². The van der Waals surface area contributed by atoms with Crippen molar-refractivity contribution in [3.63, 3.8) is 0 Å². The molecule has 2 atom stereocenters. The maximum Gasteiger partial charge on any atom is 0.313 e. The largest absolute Gasteiger partial charge is 0.467 e. The molecule has 0 spiro atoms. The highest BCUT2D eigenvalue weighted by atomic mass is 32.2. The number of esters is 1. The first kappa shape index (κ1) is 21.4. The Morgan fingerprint density at radius 1 is 1.28 bits per heavy atom. The van der Waals surface area contributed by atoms with E-state index in [4.69, 9.17) is 9.15 Å². The first-order chi connectivity index (χ1) is 14.0. The molecule has 9 heteroatoms. The zero-order valence-corrected chi connectivity index (χ0v) is 18.0. The molecule has 158 valence electrons. The van der Waals surface area contributed by atoms with Crippen molar-refractivity contribution in [3.05, 3.63) is 30.0 Å². The van der Waals surface area contributed by atoms with Gasteiger partial charge >= 0.3 is 5.97 Å². The Labute approximate surface area is 175 Å². The Hall–Kier alpha value is -2.29. The van der Waals surface area contributed by atoms with Gasteiger partial charge in [0.25, 0.3) is 0 Å². The number of likely N-dealkylation sites (tertiary alicyclic amines) is 1. The summed E-state index contributed by atoms with van der Waals surface area (Å²) >= 11 is 1.34. The Bertz CT molecular complexity index is 811. The van der Waals surface area contributed by atoms with Gasteiger partial charge in [-0.05, 0) is 37.3 Å². The van der Waals surface area contributed by atoms with Crippen molar-refractivity contribution in [1.82, 2.24) is 19.7 Å². The molecule has 0 radical (unpaired) electrons. The maximum absolute atomic E-state index is 12.7. The molecule has 1 saturated heterocycles. The summed E-state index contributed by atoms with van der Waals surface area (Å²) in [6, 6.07) is 3.66. The normalized spacial score (nSPS) is 19.3. The predicted molar refractivity (Wildman–Crippen MR) is 108 cm³/mol. The number of carbonyl (C=O) groups excluding carboxylic acids is 2. The summed E-state index contributed by atoms with van der Waals surface area (Å²) in [6.45, 7) is 8.45. The lowest BCUT2D eigenvalue weighted by atomic mass is 9.92. The average molecular weight is 421 g/mol. The molecule has 3 rings (SSSR count). The lowest BCUT2D eigenvalue weighted by Gasteiger charge is -2.34. The highest BCUT2D eigenvalue weighted by Gasteiger charge is 2.26. The van der Waals surface area contributed by atoms with Crippen LogP contribution in [0.25, 0.3) is 0 Å². The molecule has 29 heavy (non-hydrogen) atoms. The molecule has 0 unspecified atom stereocenters. The van der Waals surface area contributed by atoms with Gasteiger partial charge in [-0.1, -0.05) is 25.6 Å². The van der Waals surface area contributed by atoms with E-state index in [0.717, 1.165) is 25.3 Å². The van der Waals surface area contributed by atoms with Crippen molar-refractivity contribution in [2.45, 2.75) is 45.3 Å². The quantitative estimate of drug-likeness (QED) is 0.479. The fourth-order valence-electron chi connectivity index (χ4n) is 3.70. The molecule has 1 aliphatic heterocycles. The van der Waals surface area contributed by atoms with Crippen LogP contribution in [0.5, 0.6) is 0 Å². The lowest BCUT2D eigenvalue weighted by Crippen LogP contribution is -2.43. The fourth-order valence-corrected chi connectivity index (χ4v) is 4.56. The van der Waals surface area contributed by atoms with E-state index in [1.165, 1.54) is 11.8 Å². The number of amides is 1. The Morgan fingerprint density at radius 3 is 2.69 bits per heavy atom. The number of aromatic nitrogens is 3. The Balaban J connectivity index is 1.69. The first-order valence-corrected chi connectivity index (χ1v) is 11.0. The van der Waals surface area contributed by atoms with Crippen LogP contribution in [0.2, 0.25) is 0 Å². The number of piperidine rings is 1. The zero-order valence-electron chi connectivity index (χ0n) is 17.2. The van der Waals surface area contributed by atoms with Crippen LogP contribution in [0, 0.1) is 11.8 Å². The Kier molecular flexibility index (Phi) is 7.35. The van der Waals surface area contributed by atoms with Crippen molar-refractivity contribution in [1.29, 1.82) is 0 Å². The van der Waals surface area contributed by atoms with Gasteiger partial charge in [-0.15, -0.1) is 10.2 Å². The van der Waals surface area contributed by atoms with E-state index in [2.05, 4.69) is 24.0 Å². The topological polar surface area (TPSA) is 90.5 Å². The number of furan rings is 1. The molecule has 0 bridgehead atoms. The van der Waals surface area contributed by atoms with Crippen LogP contribution in [0.1, 0.15) is 38.8 Å². The highest BCUT2D eigenvalue weighted by molar-refractivity contribution is 7.99. The van der Waals surface area contributed by atoms with Crippen LogP contribution >= 0.6 is 11.8 Å². The van der Waals surface area contributed by atoms with Gasteiger partial charge in [0.15, 0.2) is 5.16 Å². The number of carbonyl (C=O) groups is 2. The average Bonchev–Trinajstić information content (AvgIpc) is 3.30. The van der Waals surface area contributed by atoms with Gasteiger partial charge in [-0.3, -0.25) is 14.2 Å². The second-order valence-corrected chi connectivity index (χ2v) is 8.52. The maximum atomic E-state index is 12.7. The summed E-state index contributed by atoms with van der Waals surface area (Å²) in [5, 5.41) is 8.96. The van der Waals surface area contributed by atoms with Gasteiger partial charge in [0.1, 0.15) is 18.0 Å². The molecule has 2 aromatic heterocycles. The van der Waals surface area contributed by atoms with Crippen molar-refractivity contribution in [2.75, 3.05) is 25.4 Å². The number of ether oxygens (including phenoxy) is 1. The molecule has 0 N–H and O–H groups in total. The standard InChI is InChI=1S/C20H28N4O4S/c1-4-27-19(26)9-17-21-22-20(24(17)12-16-6-5-7-28-16)29-13-18(25)23-10-14(2)8-15(3)11-23/h5-7,14-15H,4,8-13H2,1-3H3/t14-,15+. The predicted octanol–water partition coefficient (Wildman–Crippen LogP) is 2.62. The number of rotatable bonds is 8. The minimum atomic E-state index is -0.357. The molecule has 0 aliphatic carbocycles. The number of thioether (sulfide) groups is 1. The van der Waals surface area contributed by atoms with Gasteiger partial charge in [0, 0.05) is 13.1 Å². The zero-order chi connectivity index (χ0) is 20.8. The van der Waals surface area contributed by atoms with E-state index in [-0.39, 0.29) is 24.1 Å². The number of hydrogen-bond donors (Lipinski definition) is 0. The number of hydrogen-bond acceptors (Lipinski definition) is 7. The van der Waals surface area contributed by atoms with E-state index in [0.29, 0.717) is 36.0 Å². The molecule has 0 aromatic carbocycles. The lowest BCUT2D eigenvalue weighted by molar-refractivity contribution is -0.142. The van der Waals surface area contributed by atoms with Crippen LogP contribution in [-0.2, 0) is 27.3 Å².